The molecular weight excluding hydrogens is 294 g/mol. The molecule has 1 amide bonds. The molecule has 0 bridgehead atoms. The number of hydrogen-bond donors (Lipinski definition) is 2. The number of benzene rings is 1. The average molecular weight is 311 g/mol. The maximum absolute atomic E-state index is 13.0. The number of amides is 1. The molecule has 0 heterocycles. The van der Waals surface area contributed by atoms with Gasteiger partial charge in [0.15, 0.2) is 11.5 Å². The number of hydrogen-bond acceptors (Lipinski definition) is 4. The van der Waals surface area contributed by atoms with E-state index >= 15 is 0 Å². The third-order valence-corrected chi connectivity index (χ3v) is 2.45. The van der Waals surface area contributed by atoms with Crippen LogP contribution in [0.4, 0.5) is 8.78 Å². The van der Waals surface area contributed by atoms with E-state index in [0.717, 1.165) is 0 Å². The Bertz CT molecular complexity index is 458. The van der Waals surface area contributed by atoms with Gasteiger partial charge in [-0.3, -0.25) is 4.79 Å². The van der Waals surface area contributed by atoms with Crippen LogP contribution in [-0.2, 0) is 0 Å². The van der Waals surface area contributed by atoms with Crippen LogP contribution >= 0.6 is 12.4 Å². The highest BCUT2D eigenvalue weighted by atomic mass is 35.5. The number of halogens is 3. The van der Waals surface area contributed by atoms with Crippen LogP contribution in [0.15, 0.2) is 18.2 Å². The number of alkyl halides is 2. The van der Waals surface area contributed by atoms with Crippen LogP contribution in [0.25, 0.3) is 0 Å². The number of carbonyl (C=O) groups excluding carboxylic acids is 1. The Labute approximate surface area is 121 Å². The van der Waals surface area contributed by atoms with E-state index < -0.39 is 24.9 Å². The van der Waals surface area contributed by atoms with E-state index in [1.165, 1.54) is 20.3 Å². The van der Waals surface area contributed by atoms with Crippen LogP contribution in [0.1, 0.15) is 10.4 Å². The van der Waals surface area contributed by atoms with Gasteiger partial charge in [0, 0.05) is 0 Å². The van der Waals surface area contributed by atoms with E-state index in [9.17, 15) is 13.6 Å². The van der Waals surface area contributed by atoms with Crippen molar-refractivity contribution >= 4 is 18.3 Å². The first kappa shape index (κ1) is 18.4. The fourth-order valence-electron chi connectivity index (χ4n) is 1.44. The molecule has 114 valence electrons. The molecule has 0 atom stereocenters. The molecule has 20 heavy (non-hydrogen) atoms. The highest BCUT2D eigenvalue weighted by Gasteiger charge is 2.28. The minimum Gasteiger partial charge on any atom is -0.493 e. The van der Waals surface area contributed by atoms with Crippen molar-refractivity contribution in [2.24, 2.45) is 5.73 Å². The second-order valence-electron chi connectivity index (χ2n) is 3.78. The first-order chi connectivity index (χ1) is 8.95. The molecule has 0 aromatic heterocycles. The van der Waals surface area contributed by atoms with Crippen LogP contribution in [0.3, 0.4) is 0 Å². The Morgan fingerprint density at radius 2 is 2.00 bits per heavy atom. The Balaban J connectivity index is 0.00000361. The topological polar surface area (TPSA) is 73.6 Å². The van der Waals surface area contributed by atoms with Crippen LogP contribution in [-0.4, -0.2) is 39.1 Å². The summed E-state index contributed by atoms with van der Waals surface area (Å²) in [5.74, 6) is -3.27. The molecule has 0 saturated heterocycles. The van der Waals surface area contributed by atoms with E-state index in [2.05, 4.69) is 5.32 Å². The molecule has 0 unspecified atom stereocenters. The lowest BCUT2D eigenvalue weighted by atomic mass is 10.1. The van der Waals surface area contributed by atoms with Crippen molar-refractivity contribution in [2.75, 3.05) is 27.3 Å². The third kappa shape index (κ3) is 4.50. The predicted molar refractivity (Wildman–Crippen MR) is 73.1 cm³/mol. The van der Waals surface area contributed by atoms with E-state index in [4.69, 9.17) is 15.2 Å². The zero-order valence-electron chi connectivity index (χ0n) is 11.1. The number of para-hydroxylation sites is 1. The molecule has 0 aliphatic carbocycles. The number of nitrogens with one attached hydrogen (secondary N) is 1. The van der Waals surface area contributed by atoms with E-state index in [0.29, 0.717) is 5.75 Å². The summed E-state index contributed by atoms with van der Waals surface area (Å²) in [6.45, 7) is -1.66. The van der Waals surface area contributed by atoms with Crippen molar-refractivity contribution in [3.05, 3.63) is 23.8 Å². The number of ether oxygens (including phenoxy) is 2. The lowest BCUT2D eigenvalue weighted by molar-refractivity contribution is 0.0118. The fraction of sp³-hybridized carbons (Fsp3) is 0.417. The van der Waals surface area contributed by atoms with Crippen LogP contribution < -0.4 is 20.5 Å². The largest absolute Gasteiger partial charge is 0.493 e. The Hall–Kier alpha value is -1.60. The quantitative estimate of drug-likeness (QED) is 0.834. The van der Waals surface area contributed by atoms with Crippen molar-refractivity contribution < 1.29 is 23.0 Å². The molecule has 5 nitrogen and oxygen atoms in total. The maximum Gasteiger partial charge on any atom is 0.277 e. The van der Waals surface area contributed by atoms with Gasteiger partial charge in [0.1, 0.15) is 0 Å². The van der Waals surface area contributed by atoms with E-state index in [1.54, 1.807) is 12.1 Å². The molecule has 0 fully saturated rings. The molecule has 0 aliphatic rings. The monoisotopic (exact) mass is 310 g/mol. The molecule has 1 rings (SSSR count). The Kier molecular flexibility index (Phi) is 7.23. The standard InChI is InChI=1S/C12H16F2N2O3.ClH/c1-18-9-5-3-4-8(10(9)19-2)11(17)16-7-12(13,14)6-15;/h3-5H,6-7,15H2,1-2H3,(H,16,17);1H. The summed E-state index contributed by atoms with van der Waals surface area (Å²) in [5, 5.41) is 2.11. The second kappa shape index (κ2) is 7.86. The lowest BCUT2D eigenvalue weighted by Gasteiger charge is -2.16. The Morgan fingerprint density at radius 3 is 2.50 bits per heavy atom. The van der Waals surface area contributed by atoms with Gasteiger partial charge in [-0.2, -0.15) is 0 Å². The summed E-state index contributed by atoms with van der Waals surface area (Å²) < 4.78 is 36.0. The minimum atomic E-state index is -3.14. The number of rotatable bonds is 6. The van der Waals surface area contributed by atoms with Crippen molar-refractivity contribution in [3.63, 3.8) is 0 Å². The van der Waals surface area contributed by atoms with Crippen molar-refractivity contribution in [1.82, 2.24) is 5.32 Å². The predicted octanol–water partition coefficient (Wildman–Crippen LogP) is 1.45. The number of methoxy groups -OCH3 is 2. The summed E-state index contributed by atoms with van der Waals surface area (Å²) in [4.78, 5) is 11.8. The second-order valence-corrected chi connectivity index (χ2v) is 3.78. The Morgan fingerprint density at radius 1 is 1.35 bits per heavy atom. The first-order valence-electron chi connectivity index (χ1n) is 5.52. The molecule has 0 spiro atoms. The van der Waals surface area contributed by atoms with Gasteiger partial charge < -0.3 is 20.5 Å². The van der Waals surface area contributed by atoms with Gasteiger partial charge in [0.05, 0.1) is 32.9 Å². The van der Waals surface area contributed by atoms with Crippen molar-refractivity contribution in [3.8, 4) is 11.5 Å². The molecule has 1 aromatic rings. The summed E-state index contributed by atoms with van der Waals surface area (Å²) in [5.41, 5.74) is 5.01. The van der Waals surface area contributed by atoms with Crippen molar-refractivity contribution in [1.29, 1.82) is 0 Å². The smallest absolute Gasteiger partial charge is 0.277 e. The SMILES string of the molecule is COc1cccc(C(=O)NCC(F)(F)CN)c1OC.Cl. The minimum absolute atomic E-state index is 0. The van der Waals surface area contributed by atoms with Gasteiger partial charge in [-0.15, -0.1) is 12.4 Å². The first-order valence-corrected chi connectivity index (χ1v) is 5.52. The van der Waals surface area contributed by atoms with Gasteiger partial charge in [0.2, 0.25) is 0 Å². The average Bonchev–Trinajstić information content (AvgIpc) is 2.43. The van der Waals surface area contributed by atoms with Crippen molar-refractivity contribution in [2.45, 2.75) is 5.92 Å². The number of carbonyl (C=O) groups is 1. The van der Waals surface area contributed by atoms with Gasteiger partial charge in [-0.1, -0.05) is 6.07 Å². The molecule has 0 radical (unpaired) electrons. The third-order valence-electron chi connectivity index (χ3n) is 2.45. The zero-order valence-corrected chi connectivity index (χ0v) is 11.9. The van der Waals surface area contributed by atoms with Gasteiger partial charge in [0.25, 0.3) is 11.8 Å². The van der Waals surface area contributed by atoms with Gasteiger partial charge in [-0.05, 0) is 12.1 Å². The molecule has 3 N–H and O–H groups in total. The van der Waals surface area contributed by atoms with Gasteiger partial charge >= 0.3 is 0 Å². The summed E-state index contributed by atoms with van der Waals surface area (Å²) in [7, 11) is 2.78. The van der Waals surface area contributed by atoms with Crippen LogP contribution in [0.2, 0.25) is 0 Å². The molecule has 0 saturated carbocycles. The summed E-state index contributed by atoms with van der Waals surface area (Å²) in [6.07, 6.45) is 0. The summed E-state index contributed by atoms with van der Waals surface area (Å²) >= 11 is 0. The normalized spacial score (nSPS) is 10.4. The van der Waals surface area contributed by atoms with E-state index in [1.807, 2.05) is 0 Å². The molecule has 1 aromatic carbocycles. The molecule has 8 heteroatoms. The van der Waals surface area contributed by atoms with Crippen LogP contribution in [0.5, 0.6) is 11.5 Å². The number of nitrogens with two attached hydrogens (primary N) is 1. The lowest BCUT2D eigenvalue weighted by Crippen LogP contribution is -2.41. The van der Waals surface area contributed by atoms with E-state index in [-0.39, 0.29) is 23.7 Å². The summed E-state index contributed by atoms with van der Waals surface area (Å²) in [6, 6.07) is 4.62. The van der Waals surface area contributed by atoms with Crippen LogP contribution in [0, 0.1) is 0 Å². The molecule has 0 aliphatic heterocycles. The zero-order chi connectivity index (χ0) is 14.5. The fourth-order valence-corrected chi connectivity index (χ4v) is 1.44. The molecular formula is C12H17ClF2N2O3. The highest BCUT2D eigenvalue weighted by molar-refractivity contribution is 5.97. The highest BCUT2D eigenvalue weighted by Crippen LogP contribution is 2.30. The maximum atomic E-state index is 13.0. The van der Waals surface area contributed by atoms with Gasteiger partial charge in [-0.25, -0.2) is 8.78 Å².